The van der Waals surface area contributed by atoms with Crippen LogP contribution in [-0.2, 0) is 25.3 Å². The molecule has 0 radical (unpaired) electrons. The van der Waals surface area contributed by atoms with E-state index in [1.807, 2.05) is 72.7 Å². The van der Waals surface area contributed by atoms with Crippen molar-refractivity contribution in [3.8, 4) is 0 Å². The number of nitrogens with one attached hydrogen (secondary N) is 1. The van der Waals surface area contributed by atoms with Gasteiger partial charge in [0.05, 0.1) is 17.6 Å². The number of rotatable bonds is 4. The zero-order chi connectivity index (χ0) is 23.7. The van der Waals surface area contributed by atoms with Gasteiger partial charge in [-0.3, -0.25) is 4.79 Å². The van der Waals surface area contributed by atoms with Gasteiger partial charge in [-0.15, -0.1) is 0 Å². The quantitative estimate of drug-likeness (QED) is 0.723. The van der Waals surface area contributed by atoms with Gasteiger partial charge in [-0.25, -0.2) is 4.79 Å². The maximum absolute atomic E-state index is 12.6. The molecular weight excluding hydrogens is 407 g/mol. The van der Waals surface area contributed by atoms with E-state index in [0.717, 1.165) is 23.9 Å². The van der Waals surface area contributed by atoms with E-state index >= 15 is 0 Å². The lowest BCUT2D eigenvalue weighted by molar-refractivity contribution is -0.121. The molecule has 0 spiro atoms. The third-order valence-electron chi connectivity index (χ3n) is 6.31. The lowest BCUT2D eigenvalue weighted by Gasteiger charge is -2.34. The molecule has 3 rings (SSSR count). The van der Waals surface area contributed by atoms with Crippen LogP contribution in [0.1, 0.15) is 66.9 Å². The summed E-state index contributed by atoms with van der Waals surface area (Å²) in [4.78, 5) is 26.6. The second kappa shape index (κ2) is 9.06. The van der Waals surface area contributed by atoms with Gasteiger partial charge in [-0.1, -0.05) is 24.3 Å². The van der Waals surface area contributed by atoms with Gasteiger partial charge < -0.3 is 24.3 Å². The van der Waals surface area contributed by atoms with E-state index < -0.39 is 12.7 Å². The van der Waals surface area contributed by atoms with Gasteiger partial charge in [0, 0.05) is 19.1 Å². The minimum Gasteiger partial charge on any atom is -0.444 e. The van der Waals surface area contributed by atoms with Crippen molar-refractivity contribution in [1.82, 2.24) is 10.2 Å². The van der Waals surface area contributed by atoms with E-state index in [1.54, 1.807) is 4.90 Å². The molecule has 2 amide bonds. The summed E-state index contributed by atoms with van der Waals surface area (Å²) in [6.07, 6.45) is 1.65. The summed E-state index contributed by atoms with van der Waals surface area (Å²) < 4.78 is 17.6. The van der Waals surface area contributed by atoms with Crippen LogP contribution in [0.15, 0.2) is 24.3 Å². The van der Waals surface area contributed by atoms with E-state index in [1.165, 1.54) is 0 Å². The highest BCUT2D eigenvalue weighted by Gasteiger charge is 2.51. The fourth-order valence-electron chi connectivity index (χ4n) is 3.82. The molecule has 8 heteroatoms. The first kappa shape index (κ1) is 24.6. The molecule has 1 N–H and O–H groups in total. The highest BCUT2D eigenvalue weighted by Crippen LogP contribution is 2.36. The van der Waals surface area contributed by atoms with Crippen LogP contribution in [0.25, 0.3) is 0 Å². The lowest BCUT2D eigenvalue weighted by atomic mass is 9.79. The van der Waals surface area contributed by atoms with Gasteiger partial charge in [0.15, 0.2) is 0 Å². The van der Waals surface area contributed by atoms with Crippen LogP contribution < -0.4 is 10.8 Å². The highest BCUT2D eigenvalue weighted by molar-refractivity contribution is 6.62. The number of nitrogens with zero attached hydrogens (tertiary/aromatic N) is 1. The summed E-state index contributed by atoms with van der Waals surface area (Å²) in [5, 5.41) is 3.07. The Balaban J connectivity index is 1.51. The zero-order valence-corrected chi connectivity index (χ0v) is 20.5. The monoisotopic (exact) mass is 444 g/mol. The zero-order valence-electron chi connectivity index (χ0n) is 20.5. The number of amides is 2. The van der Waals surface area contributed by atoms with Crippen molar-refractivity contribution in [2.75, 3.05) is 13.1 Å². The van der Waals surface area contributed by atoms with Crippen LogP contribution in [0.2, 0.25) is 0 Å². The van der Waals surface area contributed by atoms with Gasteiger partial charge in [0.1, 0.15) is 5.60 Å². The number of piperidine rings is 1. The maximum Gasteiger partial charge on any atom is 0.494 e. The summed E-state index contributed by atoms with van der Waals surface area (Å²) >= 11 is 0. The summed E-state index contributed by atoms with van der Waals surface area (Å²) in [7, 11) is -0.413. The van der Waals surface area contributed by atoms with Crippen molar-refractivity contribution in [2.24, 2.45) is 0 Å². The number of hydrogen-bond donors (Lipinski definition) is 1. The molecule has 1 unspecified atom stereocenters. The first-order chi connectivity index (χ1) is 14.8. The van der Waals surface area contributed by atoms with Gasteiger partial charge in [0.2, 0.25) is 5.91 Å². The second-order valence-corrected chi connectivity index (χ2v) is 10.8. The Hall–Kier alpha value is -2.06. The molecule has 0 saturated carbocycles. The summed E-state index contributed by atoms with van der Waals surface area (Å²) in [5.74, 6) is -0.0515. The molecule has 0 aliphatic carbocycles. The third-order valence-corrected chi connectivity index (χ3v) is 6.31. The molecule has 2 aliphatic rings. The molecule has 7 nitrogen and oxygen atoms in total. The van der Waals surface area contributed by atoms with Crippen LogP contribution in [0, 0.1) is 0 Å². The fraction of sp³-hybridized carbons (Fsp3) is 0.667. The predicted octanol–water partition coefficient (Wildman–Crippen LogP) is 3.04. The standard InChI is InChI=1S/C24H37BN2O5/c1-22(2,3)30-21(29)27-14-8-9-19(16-27)26-20(28)15-17-10-12-18(13-11-17)25-31-23(4,5)24(6,7)32-25/h10-13,19H,8-9,14-16H2,1-7H3,(H,26,28). The summed E-state index contributed by atoms with van der Waals surface area (Å²) in [5.41, 5.74) is 0.558. The molecule has 1 aromatic rings. The van der Waals surface area contributed by atoms with Crippen molar-refractivity contribution in [3.05, 3.63) is 29.8 Å². The molecule has 2 fully saturated rings. The predicted molar refractivity (Wildman–Crippen MR) is 125 cm³/mol. The van der Waals surface area contributed by atoms with E-state index in [4.69, 9.17) is 14.0 Å². The molecule has 176 valence electrons. The average molecular weight is 444 g/mol. The normalized spacial score (nSPS) is 22.5. The molecule has 1 atom stereocenters. The number of hydrogen-bond acceptors (Lipinski definition) is 5. The average Bonchev–Trinajstić information content (AvgIpc) is 2.88. The number of likely N-dealkylation sites (tertiary alicyclic amines) is 1. The Morgan fingerprint density at radius 1 is 1.12 bits per heavy atom. The minimum atomic E-state index is -0.528. The van der Waals surface area contributed by atoms with E-state index in [0.29, 0.717) is 13.1 Å². The lowest BCUT2D eigenvalue weighted by Crippen LogP contribution is -2.51. The molecule has 2 aliphatic heterocycles. The molecule has 2 saturated heterocycles. The van der Waals surface area contributed by atoms with Gasteiger partial charge >= 0.3 is 13.2 Å². The third kappa shape index (κ3) is 6.04. The number of carbonyl (C=O) groups excluding carboxylic acids is 2. The van der Waals surface area contributed by atoms with Crippen molar-refractivity contribution in [3.63, 3.8) is 0 Å². The van der Waals surface area contributed by atoms with Crippen LogP contribution in [0.5, 0.6) is 0 Å². The molecule has 1 aromatic carbocycles. The van der Waals surface area contributed by atoms with E-state index in [-0.39, 0.29) is 35.7 Å². The molecule has 2 heterocycles. The summed E-state index contributed by atoms with van der Waals surface area (Å²) in [6, 6.07) is 7.72. The molecule has 0 aromatic heterocycles. The SMILES string of the molecule is CC(C)(C)OC(=O)N1CCCC(NC(=O)Cc2ccc(B3OC(C)(C)C(C)(C)O3)cc2)C1. The maximum atomic E-state index is 12.6. The van der Waals surface area contributed by atoms with Crippen molar-refractivity contribution < 1.29 is 23.6 Å². The molecule has 0 bridgehead atoms. The Labute approximate surface area is 192 Å². The second-order valence-electron chi connectivity index (χ2n) is 10.8. The Morgan fingerprint density at radius 3 is 2.28 bits per heavy atom. The topological polar surface area (TPSA) is 77.1 Å². The van der Waals surface area contributed by atoms with Crippen molar-refractivity contribution >= 4 is 24.6 Å². The van der Waals surface area contributed by atoms with Crippen LogP contribution in [0.3, 0.4) is 0 Å². The highest BCUT2D eigenvalue weighted by atomic mass is 16.7. The van der Waals surface area contributed by atoms with Crippen molar-refractivity contribution in [2.45, 2.75) is 90.6 Å². The van der Waals surface area contributed by atoms with E-state index in [9.17, 15) is 9.59 Å². The van der Waals surface area contributed by atoms with Gasteiger partial charge in [0.25, 0.3) is 0 Å². The number of carbonyl (C=O) groups is 2. The molecular formula is C24H37BN2O5. The Kier molecular flexibility index (Phi) is 6.96. The Bertz CT molecular complexity index is 816. The van der Waals surface area contributed by atoms with Crippen molar-refractivity contribution in [1.29, 1.82) is 0 Å². The number of benzene rings is 1. The largest absolute Gasteiger partial charge is 0.494 e. The smallest absolute Gasteiger partial charge is 0.444 e. The molecule has 32 heavy (non-hydrogen) atoms. The van der Waals surface area contributed by atoms with Gasteiger partial charge in [-0.05, 0) is 72.3 Å². The first-order valence-electron chi connectivity index (χ1n) is 11.5. The Morgan fingerprint density at radius 2 is 1.72 bits per heavy atom. The fourth-order valence-corrected chi connectivity index (χ4v) is 3.82. The van der Waals surface area contributed by atoms with Crippen LogP contribution in [0.4, 0.5) is 4.79 Å². The van der Waals surface area contributed by atoms with Crippen LogP contribution >= 0.6 is 0 Å². The van der Waals surface area contributed by atoms with Crippen LogP contribution in [-0.4, -0.2) is 60.0 Å². The van der Waals surface area contributed by atoms with Gasteiger partial charge in [-0.2, -0.15) is 0 Å². The number of ether oxygens (including phenoxy) is 1. The van der Waals surface area contributed by atoms with E-state index in [2.05, 4.69) is 5.32 Å². The first-order valence-corrected chi connectivity index (χ1v) is 11.5. The summed E-state index contributed by atoms with van der Waals surface area (Å²) in [6.45, 7) is 14.8. The minimum absolute atomic E-state index is 0.0515.